The average Bonchev–Trinajstić information content (AvgIpc) is 3.35. The van der Waals surface area contributed by atoms with Gasteiger partial charge in [0, 0.05) is 11.6 Å². The Morgan fingerprint density at radius 1 is 1.38 bits per heavy atom. The van der Waals surface area contributed by atoms with Crippen molar-refractivity contribution in [3.63, 3.8) is 0 Å². The number of rotatable bonds is 9. The maximum absolute atomic E-state index is 12.6. The monoisotopic (exact) mass is 410 g/mol. The van der Waals surface area contributed by atoms with Gasteiger partial charge in [0.25, 0.3) is 0 Å². The smallest absolute Gasteiger partial charge is 0.242 e. The van der Waals surface area contributed by atoms with Gasteiger partial charge < -0.3 is 5.32 Å². The average molecular weight is 411 g/mol. The summed E-state index contributed by atoms with van der Waals surface area (Å²) in [7, 11) is -3.95. The zero-order valence-electron chi connectivity index (χ0n) is 13.2. The van der Waals surface area contributed by atoms with E-state index in [1.807, 2.05) is 6.26 Å². The van der Waals surface area contributed by atoms with Crippen molar-refractivity contribution in [1.82, 2.24) is 10.0 Å². The van der Waals surface area contributed by atoms with Gasteiger partial charge in [0.15, 0.2) is 0 Å². The van der Waals surface area contributed by atoms with Gasteiger partial charge in [-0.15, -0.1) is 0 Å². The highest BCUT2D eigenvalue weighted by Crippen LogP contribution is 2.28. The van der Waals surface area contributed by atoms with Crippen molar-refractivity contribution in [3.8, 4) is 0 Å². The van der Waals surface area contributed by atoms with Crippen LogP contribution in [0.5, 0.6) is 0 Å². The number of carbonyl (C=O) groups is 1. The molecule has 0 bridgehead atoms. The topological polar surface area (TPSA) is 75.3 Å². The van der Waals surface area contributed by atoms with Crippen LogP contribution in [0.3, 0.4) is 0 Å². The van der Waals surface area contributed by atoms with Gasteiger partial charge in [-0.3, -0.25) is 4.79 Å². The van der Waals surface area contributed by atoms with Crippen molar-refractivity contribution >= 4 is 50.9 Å². The summed E-state index contributed by atoms with van der Waals surface area (Å²) in [6.45, 7) is 0.592. The van der Waals surface area contributed by atoms with E-state index < -0.39 is 16.1 Å². The van der Waals surface area contributed by atoms with E-state index in [0.717, 1.165) is 12.8 Å². The predicted octanol–water partition coefficient (Wildman–Crippen LogP) is 2.92. The molecule has 0 spiro atoms. The third-order valence-corrected chi connectivity index (χ3v) is 6.50. The largest absolute Gasteiger partial charge is 0.354 e. The van der Waals surface area contributed by atoms with Gasteiger partial charge >= 0.3 is 0 Å². The minimum Gasteiger partial charge on any atom is -0.354 e. The first-order valence-corrected chi connectivity index (χ1v) is 11.2. The molecule has 134 valence electrons. The van der Waals surface area contributed by atoms with Gasteiger partial charge in [-0.2, -0.15) is 16.5 Å². The number of halogens is 2. The van der Waals surface area contributed by atoms with Crippen molar-refractivity contribution in [2.24, 2.45) is 5.92 Å². The van der Waals surface area contributed by atoms with E-state index >= 15 is 0 Å². The lowest BCUT2D eigenvalue weighted by molar-refractivity contribution is -0.122. The highest BCUT2D eigenvalue weighted by molar-refractivity contribution is 7.98. The zero-order chi connectivity index (χ0) is 17.7. The lowest BCUT2D eigenvalue weighted by atomic mass is 10.2. The summed E-state index contributed by atoms with van der Waals surface area (Å²) in [4.78, 5) is 12.2. The van der Waals surface area contributed by atoms with E-state index in [0.29, 0.717) is 24.6 Å². The summed E-state index contributed by atoms with van der Waals surface area (Å²) < 4.78 is 27.6. The fourth-order valence-corrected chi connectivity index (χ4v) is 4.57. The number of hydrogen-bond donors (Lipinski definition) is 2. The summed E-state index contributed by atoms with van der Waals surface area (Å²) in [5.74, 6) is 0.875. The van der Waals surface area contributed by atoms with E-state index in [4.69, 9.17) is 23.2 Å². The van der Waals surface area contributed by atoms with Gasteiger partial charge in [-0.1, -0.05) is 23.2 Å². The third-order valence-electron chi connectivity index (χ3n) is 3.67. The quantitative estimate of drug-likeness (QED) is 0.655. The second-order valence-electron chi connectivity index (χ2n) is 5.72. The van der Waals surface area contributed by atoms with Crippen molar-refractivity contribution in [2.45, 2.75) is 30.2 Å². The fraction of sp³-hybridized carbons (Fsp3) is 0.533. The normalized spacial score (nSPS) is 16.0. The summed E-state index contributed by atoms with van der Waals surface area (Å²) in [5, 5.41) is 3.15. The molecule has 1 fully saturated rings. The number of benzene rings is 1. The van der Waals surface area contributed by atoms with Crippen molar-refractivity contribution in [2.75, 3.05) is 18.6 Å². The van der Waals surface area contributed by atoms with Crippen LogP contribution in [0.4, 0.5) is 0 Å². The molecule has 1 unspecified atom stereocenters. The second-order valence-corrected chi connectivity index (χ2v) is 9.23. The summed E-state index contributed by atoms with van der Waals surface area (Å²) >= 11 is 13.4. The van der Waals surface area contributed by atoms with E-state index in [2.05, 4.69) is 10.0 Å². The Labute approximate surface area is 156 Å². The number of thioether (sulfide) groups is 1. The predicted molar refractivity (Wildman–Crippen MR) is 99.3 cm³/mol. The molecule has 1 aromatic rings. The van der Waals surface area contributed by atoms with Gasteiger partial charge in [-0.05, 0) is 55.4 Å². The van der Waals surface area contributed by atoms with E-state index in [1.165, 1.54) is 18.2 Å². The van der Waals surface area contributed by atoms with Crippen LogP contribution in [0.2, 0.25) is 10.0 Å². The Kier molecular flexibility index (Phi) is 7.24. The van der Waals surface area contributed by atoms with E-state index in [1.54, 1.807) is 11.8 Å². The van der Waals surface area contributed by atoms with Crippen LogP contribution in [0, 0.1) is 5.92 Å². The van der Waals surface area contributed by atoms with Gasteiger partial charge in [0.05, 0.1) is 5.02 Å². The molecule has 1 aliphatic rings. The molecule has 1 amide bonds. The Morgan fingerprint density at radius 3 is 2.71 bits per heavy atom. The highest BCUT2D eigenvalue weighted by atomic mass is 35.5. The van der Waals surface area contributed by atoms with Crippen LogP contribution in [0.15, 0.2) is 23.1 Å². The molecule has 2 rings (SSSR count). The molecule has 0 radical (unpaired) electrons. The van der Waals surface area contributed by atoms with Crippen LogP contribution in [-0.4, -0.2) is 38.9 Å². The van der Waals surface area contributed by atoms with E-state index in [-0.39, 0.29) is 20.8 Å². The van der Waals surface area contributed by atoms with Crippen LogP contribution in [0.25, 0.3) is 0 Å². The zero-order valence-corrected chi connectivity index (χ0v) is 16.4. The lowest BCUT2D eigenvalue weighted by Crippen LogP contribution is -2.47. The lowest BCUT2D eigenvalue weighted by Gasteiger charge is -2.18. The first-order valence-electron chi connectivity index (χ1n) is 7.57. The van der Waals surface area contributed by atoms with Crippen LogP contribution in [0.1, 0.15) is 19.3 Å². The Hall–Kier alpha value is -0.470. The van der Waals surface area contributed by atoms with Crippen LogP contribution < -0.4 is 10.0 Å². The Bertz CT molecular complexity index is 694. The molecule has 2 N–H and O–H groups in total. The molecule has 1 atom stereocenters. The number of carbonyl (C=O) groups excluding carboxylic acids is 1. The molecule has 0 heterocycles. The molecule has 1 saturated carbocycles. The molecule has 9 heteroatoms. The Balaban J connectivity index is 2.13. The fourth-order valence-electron chi connectivity index (χ4n) is 2.10. The third kappa shape index (κ3) is 5.81. The Morgan fingerprint density at radius 2 is 2.08 bits per heavy atom. The number of amides is 1. The standard InChI is InChI=1S/C15H20Cl2N2O3S2/c1-23-7-6-13(15(20)18-9-10-2-3-10)19-24(21,22)14-8-11(16)4-5-12(14)17/h4-5,8,10,13,19H,2-3,6-7,9H2,1H3,(H,18,20). The van der Waals surface area contributed by atoms with Gasteiger partial charge in [0.1, 0.15) is 10.9 Å². The molecule has 1 aliphatic carbocycles. The van der Waals surface area contributed by atoms with Crippen LogP contribution >= 0.6 is 35.0 Å². The first kappa shape index (κ1) is 19.8. The molecule has 1 aromatic carbocycles. The SMILES string of the molecule is CSCCC(NS(=O)(=O)c1cc(Cl)ccc1Cl)C(=O)NCC1CC1. The van der Waals surface area contributed by atoms with Crippen molar-refractivity contribution < 1.29 is 13.2 Å². The maximum atomic E-state index is 12.6. The van der Waals surface area contributed by atoms with Gasteiger partial charge in [-0.25, -0.2) is 8.42 Å². The minimum atomic E-state index is -3.95. The molecular weight excluding hydrogens is 391 g/mol. The number of hydrogen-bond acceptors (Lipinski definition) is 4. The van der Waals surface area contributed by atoms with Gasteiger partial charge in [0.2, 0.25) is 15.9 Å². The molecule has 24 heavy (non-hydrogen) atoms. The maximum Gasteiger partial charge on any atom is 0.242 e. The first-order chi connectivity index (χ1) is 11.3. The molecule has 0 saturated heterocycles. The van der Waals surface area contributed by atoms with Crippen molar-refractivity contribution in [3.05, 3.63) is 28.2 Å². The summed E-state index contributed by atoms with van der Waals surface area (Å²) in [5.41, 5.74) is 0. The molecule has 5 nitrogen and oxygen atoms in total. The molecule has 0 aromatic heterocycles. The second kappa shape index (κ2) is 8.76. The summed E-state index contributed by atoms with van der Waals surface area (Å²) in [6, 6.07) is 3.37. The van der Waals surface area contributed by atoms with Crippen molar-refractivity contribution in [1.29, 1.82) is 0 Å². The minimum absolute atomic E-state index is 0.0638. The molecule has 0 aliphatic heterocycles. The molecular formula is C15H20Cl2N2O3S2. The summed E-state index contributed by atoms with van der Waals surface area (Å²) in [6.07, 6.45) is 4.52. The highest BCUT2D eigenvalue weighted by Gasteiger charge is 2.29. The number of nitrogens with one attached hydrogen (secondary N) is 2. The van der Waals surface area contributed by atoms with Crippen LogP contribution in [-0.2, 0) is 14.8 Å². The van der Waals surface area contributed by atoms with E-state index in [9.17, 15) is 13.2 Å². The number of sulfonamides is 1.